The Morgan fingerprint density at radius 3 is 2.56 bits per heavy atom. The molecular formula is C14H25NO. The van der Waals surface area contributed by atoms with Gasteiger partial charge in [0.2, 0.25) is 0 Å². The summed E-state index contributed by atoms with van der Waals surface area (Å²) in [6.07, 6.45) is 7.97. The molecule has 1 unspecified atom stereocenters. The Labute approximate surface area is 100 Å². The minimum Gasteiger partial charge on any atom is -0.303 e. The fraction of sp³-hybridized carbons (Fsp3) is 0.857. The van der Waals surface area contributed by atoms with Crippen molar-refractivity contribution in [1.29, 1.82) is 5.26 Å². The van der Waals surface area contributed by atoms with Gasteiger partial charge in [0.05, 0.1) is 6.07 Å². The molecule has 0 spiro atoms. The zero-order chi connectivity index (χ0) is 12.4. The molecule has 0 rings (SSSR count). The molecule has 0 saturated heterocycles. The summed E-state index contributed by atoms with van der Waals surface area (Å²) in [7, 11) is 0. The zero-order valence-electron chi connectivity index (χ0n) is 11.0. The van der Waals surface area contributed by atoms with Crippen molar-refractivity contribution in [2.24, 2.45) is 11.3 Å². The molecule has 2 heteroatoms. The summed E-state index contributed by atoms with van der Waals surface area (Å²) >= 11 is 0. The van der Waals surface area contributed by atoms with Crippen LogP contribution >= 0.6 is 0 Å². The molecule has 0 saturated carbocycles. The van der Waals surface area contributed by atoms with Crippen LogP contribution in [0.25, 0.3) is 0 Å². The molecule has 16 heavy (non-hydrogen) atoms. The first-order chi connectivity index (χ1) is 7.55. The molecule has 0 aliphatic carbocycles. The number of carbonyl (C=O) groups is 1. The van der Waals surface area contributed by atoms with Crippen molar-refractivity contribution in [3.63, 3.8) is 0 Å². The standard InChI is InChI=1S/C14H25NO/c1-4-5-6-8-13(12-15)11-14(2,3)9-7-10-16/h10,13H,4-9,11H2,1-3H3. The Bertz CT molecular complexity index is 227. The van der Waals surface area contributed by atoms with E-state index in [1.165, 1.54) is 12.8 Å². The second kappa shape index (κ2) is 8.33. The molecule has 0 heterocycles. The highest BCUT2D eigenvalue weighted by Crippen LogP contribution is 2.32. The molecule has 0 aromatic rings. The fourth-order valence-corrected chi connectivity index (χ4v) is 2.07. The third kappa shape index (κ3) is 7.45. The van der Waals surface area contributed by atoms with Gasteiger partial charge in [0.25, 0.3) is 0 Å². The summed E-state index contributed by atoms with van der Waals surface area (Å²) in [5, 5.41) is 9.09. The molecule has 0 aliphatic heterocycles. The van der Waals surface area contributed by atoms with Gasteiger partial charge in [-0.2, -0.15) is 5.26 Å². The van der Waals surface area contributed by atoms with E-state index in [4.69, 9.17) is 5.26 Å². The van der Waals surface area contributed by atoms with Crippen molar-refractivity contribution < 1.29 is 4.79 Å². The van der Waals surface area contributed by atoms with Crippen molar-refractivity contribution in [3.8, 4) is 6.07 Å². The van der Waals surface area contributed by atoms with E-state index in [-0.39, 0.29) is 11.3 Å². The minimum atomic E-state index is 0.119. The van der Waals surface area contributed by atoms with Crippen LogP contribution < -0.4 is 0 Å². The van der Waals surface area contributed by atoms with E-state index in [2.05, 4.69) is 26.8 Å². The Morgan fingerprint density at radius 2 is 2.06 bits per heavy atom. The Hall–Kier alpha value is -0.840. The molecule has 0 bridgehead atoms. The molecule has 0 aromatic heterocycles. The number of carbonyl (C=O) groups excluding carboxylic acids is 1. The maximum atomic E-state index is 10.4. The van der Waals surface area contributed by atoms with Gasteiger partial charge >= 0.3 is 0 Å². The van der Waals surface area contributed by atoms with E-state index in [0.29, 0.717) is 6.42 Å². The number of hydrogen-bond donors (Lipinski definition) is 0. The normalized spacial score (nSPS) is 13.1. The number of nitriles is 1. The molecule has 1 atom stereocenters. The van der Waals surface area contributed by atoms with Crippen LogP contribution in [0, 0.1) is 22.7 Å². The van der Waals surface area contributed by atoms with Crippen LogP contribution in [0.15, 0.2) is 0 Å². The quantitative estimate of drug-likeness (QED) is 0.436. The first-order valence-electron chi connectivity index (χ1n) is 6.39. The van der Waals surface area contributed by atoms with Crippen LogP contribution in [-0.2, 0) is 4.79 Å². The van der Waals surface area contributed by atoms with Gasteiger partial charge in [0.1, 0.15) is 6.29 Å². The van der Waals surface area contributed by atoms with Crippen molar-refractivity contribution >= 4 is 6.29 Å². The van der Waals surface area contributed by atoms with E-state index < -0.39 is 0 Å². The summed E-state index contributed by atoms with van der Waals surface area (Å²) in [5.74, 6) is 0.160. The van der Waals surface area contributed by atoms with Crippen molar-refractivity contribution in [1.82, 2.24) is 0 Å². The SMILES string of the molecule is CCCCCC(C#N)CC(C)(C)CCC=O. The number of rotatable bonds is 9. The highest BCUT2D eigenvalue weighted by atomic mass is 16.1. The second-order valence-corrected chi connectivity index (χ2v) is 5.40. The summed E-state index contributed by atoms with van der Waals surface area (Å²) in [4.78, 5) is 10.4. The molecule has 0 aliphatic rings. The van der Waals surface area contributed by atoms with Gasteiger partial charge in [-0.3, -0.25) is 0 Å². The predicted molar refractivity (Wildman–Crippen MR) is 66.9 cm³/mol. The third-order valence-corrected chi connectivity index (χ3v) is 3.08. The lowest BCUT2D eigenvalue weighted by atomic mass is 9.78. The summed E-state index contributed by atoms with van der Waals surface area (Å²) in [6.45, 7) is 6.48. The van der Waals surface area contributed by atoms with E-state index in [9.17, 15) is 4.79 Å². The van der Waals surface area contributed by atoms with Crippen LogP contribution in [0.3, 0.4) is 0 Å². The topological polar surface area (TPSA) is 40.9 Å². The molecule has 92 valence electrons. The maximum Gasteiger partial charge on any atom is 0.120 e. The number of aldehydes is 1. The van der Waals surface area contributed by atoms with Gasteiger partial charge in [0.15, 0.2) is 0 Å². The fourth-order valence-electron chi connectivity index (χ4n) is 2.07. The van der Waals surface area contributed by atoms with Gasteiger partial charge in [-0.15, -0.1) is 0 Å². The predicted octanol–water partition coefficient (Wildman–Crippen LogP) is 4.10. The van der Waals surface area contributed by atoms with Gasteiger partial charge in [-0.25, -0.2) is 0 Å². The van der Waals surface area contributed by atoms with E-state index in [0.717, 1.165) is 32.0 Å². The Kier molecular flexibility index (Phi) is 7.89. The summed E-state index contributed by atoms with van der Waals surface area (Å²) in [6, 6.07) is 2.41. The van der Waals surface area contributed by atoms with Crippen molar-refractivity contribution in [3.05, 3.63) is 0 Å². The smallest absolute Gasteiger partial charge is 0.120 e. The van der Waals surface area contributed by atoms with E-state index >= 15 is 0 Å². The molecule has 0 amide bonds. The second-order valence-electron chi connectivity index (χ2n) is 5.40. The Morgan fingerprint density at radius 1 is 1.38 bits per heavy atom. The van der Waals surface area contributed by atoms with Gasteiger partial charge in [0, 0.05) is 12.3 Å². The maximum absolute atomic E-state index is 10.4. The van der Waals surface area contributed by atoms with Crippen molar-refractivity contribution in [2.75, 3.05) is 0 Å². The van der Waals surface area contributed by atoms with Crippen LogP contribution in [0.5, 0.6) is 0 Å². The molecule has 0 N–H and O–H groups in total. The first-order valence-corrected chi connectivity index (χ1v) is 6.39. The molecule has 2 nitrogen and oxygen atoms in total. The highest BCUT2D eigenvalue weighted by molar-refractivity contribution is 5.49. The van der Waals surface area contributed by atoms with E-state index in [1.54, 1.807) is 0 Å². The molecule has 0 fully saturated rings. The molecule has 0 radical (unpaired) electrons. The largest absolute Gasteiger partial charge is 0.303 e. The lowest BCUT2D eigenvalue weighted by Gasteiger charge is -2.26. The third-order valence-electron chi connectivity index (χ3n) is 3.08. The van der Waals surface area contributed by atoms with Gasteiger partial charge in [-0.1, -0.05) is 40.0 Å². The van der Waals surface area contributed by atoms with Crippen LogP contribution in [0.4, 0.5) is 0 Å². The van der Waals surface area contributed by atoms with Gasteiger partial charge < -0.3 is 4.79 Å². The lowest BCUT2D eigenvalue weighted by Crippen LogP contribution is -2.16. The first kappa shape index (κ1) is 15.2. The van der Waals surface area contributed by atoms with Crippen LogP contribution in [0.1, 0.15) is 65.7 Å². The zero-order valence-corrected chi connectivity index (χ0v) is 11.0. The average Bonchev–Trinajstić information content (AvgIpc) is 2.25. The van der Waals surface area contributed by atoms with Gasteiger partial charge in [-0.05, 0) is 24.7 Å². The summed E-state index contributed by atoms with van der Waals surface area (Å²) < 4.78 is 0. The Balaban J connectivity index is 3.99. The number of hydrogen-bond acceptors (Lipinski definition) is 2. The van der Waals surface area contributed by atoms with Crippen LogP contribution in [-0.4, -0.2) is 6.29 Å². The van der Waals surface area contributed by atoms with Crippen LogP contribution in [0.2, 0.25) is 0 Å². The van der Waals surface area contributed by atoms with Crippen molar-refractivity contribution in [2.45, 2.75) is 65.7 Å². The molecular weight excluding hydrogens is 198 g/mol. The monoisotopic (exact) mass is 223 g/mol. The van der Waals surface area contributed by atoms with E-state index in [1.807, 2.05) is 0 Å². The summed E-state index contributed by atoms with van der Waals surface area (Å²) in [5.41, 5.74) is 0.119. The lowest BCUT2D eigenvalue weighted by molar-refractivity contribution is -0.108. The molecule has 0 aromatic carbocycles. The highest BCUT2D eigenvalue weighted by Gasteiger charge is 2.22. The average molecular weight is 223 g/mol. The number of unbranched alkanes of at least 4 members (excludes halogenated alkanes) is 2. The minimum absolute atomic E-state index is 0.119. The number of nitrogens with zero attached hydrogens (tertiary/aromatic N) is 1.